The van der Waals surface area contributed by atoms with Crippen molar-refractivity contribution in [3.63, 3.8) is 0 Å². The minimum absolute atomic E-state index is 0.0342. The Hall–Kier alpha value is -1.26. The van der Waals surface area contributed by atoms with E-state index in [4.69, 9.17) is 6.42 Å². The molecule has 0 amide bonds. The van der Waals surface area contributed by atoms with Gasteiger partial charge in [0, 0.05) is 0 Å². The standard InChI is InChI=1S/C19H26O/c1-9-19(8,20)13-10-11-14-15(12-13)17(4,5)18(6,7)16(14,2)3/h1,10-12,20H,2-8H3/t19-/m1/s1. The first kappa shape index (κ1) is 15.1. The quantitative estimate of drug-likeness (QED) is 0.761. The zero-order chi connectivity index (χ0) is 15.6. The molecule has 1 N–H and O–H groups in total. The fourth-order valence-electron chi connectivity index (χ4n) is 3.45. The van der Waals surface area contributed by atoms with Gasteiger partial charge in [-0.25, -0.2) is 0 Å². The van der Waals surface area contributed by atoms with E-state index in [9.17, 15) is 5.11 Å². The molecule has 0 heterocycles. The Morgan fingerprint density at radius 2 is 1.50 bits per heavy atom. The molecule has 1 atom stereocenters. The second kappa shape index (κ2) is 3.89. The molecule has 0 saturated heterocycles. The van der Waals surface area contributed by atoms with Crippen LogP contribution in [-0.4, -0.2) is 5.11 Å². The summed E-state index contributed by atoms with van der Waals surface area (Å²) in [7, 11) is 0. The van der Waals surface area contributed by atoms with Crippen molar-refractivity contribution in [3.8, 4) is 12.3 Å². The zero-order valence-corrected chi connectivity index (χ0v) is 13.8. The maximum Gasteiger partial charge on any atom is 0.147 e. The lowest BCUT2D eigenvalue weighted by molar-refractivity contribution is 0.120. The number of aliphatic hydroxyl groups is 1. The largest absolute Gasteiger partial charge is 0.374 e. The minimum atomic E-state index is -1.21. The van der Waals surface area contributed by atoms with Crippen molar-refractivity contribution in [3.05, 3.63) is 34.9 Å². The van der Waals surface area contributed by atoms with Crippen molar-refractivity contribution in [2.75, 3.05) is 0 Å². The third-order valence-corrected chi connectivity index (χ3v) is 6.33. The van der Waals surface area contributed by atoms with Crippen molar-refractivity contribution >= 4 is 0 Å². The molecular weight excluding hydrogens is 244 g/mol. The van der Waals surface area contributed by atoms with Gasteiger partial charge in [0.2, 0.25) is 0 Å². The van der Waals surface area contributed by atoms with Crippen molar-refractivity contribution in [2.45, 2.75) is 64.9 Å². The minimum Gasteiger partial charge on any atom is -0.374 e. The van der Waals surface area contributed by atoms with Crippen LogP contribution in [0.3, 0.4) is 0 Å². The second-order valence-corrected chi connectivity index (χ2v) is 7.85. The van der Waals surface area contributed by atoms with Crippen LogP contribution in [0, 0.1) is 17.8 Å². The summed E-state index contributed by atoms with van der Waals surface area (Å²) in [5.41, 5.74) is 2.52. The summed E-state index contributed by atoms with van der Waals surface area (Å²) in [6.07, 6.45) is 5.46. The predicted octanol–water partition coefficient (Wildman–Crippen LogP) is 4.12. The maximum atomic E-state index is 10.3. The average Bonchev–Trinajstić information content (AvgIpc) is 2.46. The predicted molar refractivity (Wildman–Crippen MR) is 84.7 cm³/mol. The number of benzene rings is 1. The van der Waals surface area contributed by atoms with Crippen LogP contribution in [0.15, 0.2) is 18.2 Å². The molecule has 1 nitrogen and oxygen atoms in total. The Bertz CT molecular complexity index is 595. The highest BCUT2D eigenvalue weighted by Crippen LogP contribution is 2.61. The zero-order valence-electron chi connectivity index (χ0n) is 13.8. The van der Waals surface area contributed by atoms with E-state index in [2.05, 4.69) is 59.6 Å². The fourth-order valence-corrected chi connectivity index (χ4v) is 3.45. The third-order valence-electron chi connectivity index (χ3n) is 6.33. The molecule has 0 aromatic heterocycles. The Morgan fingerprint density at radius 3 is 2.00 bits per heavy atom. The molecule has 0 spiro atoms. The highest BCUT2D eigenvalue weighted by Gasteiger charge is 2.56. The van der Waals surface area contributed by atoms with Gasteiger partial charge in [-0.05, 0) is 39.9 Å². The molecule has 0 radical (unpaired) electrons. The summed E-state index contributed by atoms with van der Waals surface area (Å²) < 4.78 is 0. The topological polar surface area (TPSA) is 20.2 Å². The third kappa shape index (κ3) is 1.61. The van der Waals surface area contributed by atoms with Gasteiger partial charge < -0.3 is 5.11 Å². The van der Waals surface area contributed by atoms with E-state index in [0.29, 0.717) is 0 Å². The first-order chi connectivity index (χ1) is 8.89. The molecule has 0 aliphatic heterocycles. The highest BCUT2D eigenvalue weighted by molar-refractivity contribution is 5.51. The molecule has 1 aromatic carbocycles. The molecule has 1 aliphatic carbocycles. The normalized spacial score (nSPS) is 24.6. The molecule has 2 rings (SSSR count). The van der Waals surface area contributed by atoms with Gasteiger partial charge in [0.15, 0.2) is 0 Å². The van der Waals surface area contributed by atoms with Gasteiger partial charge in [0.1, 0.15) is 5.60 Å². The van der Waals surface area contributed by atoms with Crippen molar-refractivity contribution in [1.29, 1.82) is 0 Å². The first-order valence-electron chi connectivity index (χ1n) is 7.25. The van der Waals surface area contributed by atoms with Crippen LogP contribution in [0.1, 0.15) is 65.2 Å². The van der Waals surface area contributed by atoms with Crippen LogP contribution >= 0.6 is 0 Å². The van der Waals surface area contributed by atoms with E-state index in [1.165, 1.54) is 11.1 Å². The van der Waals surface area contributed by atoms with E-state index in [0.717, 1.165) is 5.56 Å². The van der Waals surface area contributed by atoms with Gasteiger partial charge in [-0.2, -0.15) is 0 Å². The van der Waals surface area contributed by atoms with E-state index >= 15 is 0 Å². The van der Waals surface area contributed by atoms with Crippen molar-refractivity contribution < 1.29 is 5.11 Å². The van der Waals surface area contributed by atoms with Gasteiger partial charge >= 0.3 is 0 Å². The van der Waals surface area contributed by atoms with Crippen molar-refractivity contribution in [2.24, 2.45) is 5.41 Å². The van der Waals surface area contributed by atoms with Crippen LogP contribution in [0.4, 0.5) is 0 Å². The number of hydrogen-bond donors (Lipinski definition) is 1. The van der Waals surface area contributed by atoms with Gasteiger partial charge in [0.25, 0.3) is 0 Å². The molecule has 108 valence electrons. The average molecular weight is 270 g/mol. The molecule has 0 bridgehead atoms. The monoisotopic (exact) mass is 270 g/mol. The van der Waals surface area contributed by atoms with Gasteiger partial charge in [-0.1, -0.05) is 65.7 Å². The van der Waals surface area contributed by atoms with E-state index in [-0.39, 0.29) is 16.2 Å². The molecule has 1 aromatic rings. The summed E-state index contributed by atoms with van der Waals surface area (Å²) >= 11 is 0. The number of fused-ring (bicyclic) bond motifs is 1. The molecule has 20 heavy (non-hydrogen) atoms. The van der Waals surface area contributed by atoms with Crippen LogP contribution in [0.5, 0.6) is 0 Å². The van der Waals surface area contributed by atoms with Crippen LogP contribution < -0.4 is 0 Å². The van der Waals surface area contributed by atoms with E-state index < -0.39 is 5.60 Å². The Balaban J connectivity index is 2.74. The second-order valence-electron chi connectivity index (χ2n) is 7.85. The summed E-state index contributed by atoms with van der Waals surface area (Å²) in [6, 6.07) is 6.22. The lowest BCUT2D eigenvalue weighted by Crippen LogP contribution is -2.42. The Labute approximate surface area is 123 Å². The summed E-state index contributed by atoms with van der Waals surface area (Å²) in [5, 5.41) is 10.3. The Kier molecular flexibility index (Phi) is 2.95. The summed E-state index contributed by atoms with van der Waals surface area (Å²) in [4.78, 5) is 0. The number of rotatable bonds is 1. The first-order valence-corrected chi connectivity index (χ1v) is 7.25. The summed E-state index contributed by atoms with van der Waals surface area (Å²) in [6.45, 7) is 15.5. The number of hydrogen-bond acceptors (Lipinski definition) is 1. The smallest absolute Gasteiger partial charge is 0.147 e. The van der Waals surface area contributed by atoms with Crippen LogP contribution in [0.2, 0.25) is 0 Å². The Morgan fingerprint density at radius 1 is 1.00 bits per heavy atom. The number of terminal acetylenes is 1. The molecule has 0 saturated carbocycles. The van der Waals surface area contributed by atoms with Gasteiger partial charge in [0.05, 0.1) is 0 Å². The van der Waals surface area contributed by atoms with Crippen LogP contribution in [0.25, 0.3) is 0 Å². The summed E-state index contributed by atoms with van der Waals surface area (Å²) in [5.74, 6) is 2.47. The highest BCUT2D eigenvalue weighted by atomic mass is 16.3. The van der Waals surface area contributed by atoms with Crippen LogP contribution in [-0.2, 0) is 16.4 Å². The van der Waals surface area contributed by atoms with E-state index in [1.54, 1.807) is 6.92 Å². The lowest BCUT2D eigenvalue weighted by atomic mass is 9.59. The molecular formula is C19H26O. The van der Waals surface area contributed by atoms with E-state index in [1.807, 2.05) is 6.07 Å². The molecule has 0 unspecified atom stereocenters. The van der Waals surface area contributed by atoms with Gasteiger partial charge in [-0.3, -0.25) is 0 Å². The van der Waals surface area contributed by atoms with Crippen molar-refractivity contribution in [1.82, 2.24) is 0 Å². The lowest BCUT2D eigenvalue weighted by Gasteiger charge is -2.44. The SMILES string of the molecule is C#C[C@@](C)(O)c1ccc2c(c1)C(C)(C)C(C)(C)C2(C)C. The molecule has 1 heteroatoms. The maximum absolute atomic E-state index is 10.3. The van der Waals surface area contributed by atoms with Gasteiger partial charge in [-0.15, -0.1) is 6.42 Å². The molecule has 0 fully saturated rings. The fraction of sp³-hybridized carbons (Fsp3) is 0.579. The molecule has 1 aliphatic rings.